The van der Waals surface area contributed by atoms with Gasteiger partial charge in [0.05, 0.1) is 30.0 Å². The molecule has 2 atom stereocenters. The predicted octanol–water partition coefficient (Wildman–Crippen LogP) is 4.05. The van der Waals surface area contributed by atoms with Crippen molar-refractivity contribution in [3.8, 4) is 11.3 Å². The maximum absolute atomic E-state index is 13.6. The minimum absolute atomic E-state index is 0.0452. The lowest BCUT2D eigenvalue weighted by Gasteiger charge is -2.17. The standard InChI is InChI=1S/C24H27FN4O5/c1-13(2)22-19(9-8-17(30)11-18(31)12-21(32)33)23(15-4-6-16(25)7-5-15)28-24(27-22)26-20-10-14(3)34-29-20/h4-10,13,17-18,30-31H,11-12H2,1-3H3,(H,32,33)(H,26,27,28,29)/b9-8+/t17-,18-/m1/s1. The zero-order chi connectivity index (χ0) is 24.8. The molecule has 0 aliphatic heterocycles. The molecule has 0 saturated heterocycles. The molecule has 2 heterocycles. The van der Waals surface area contributed by atoms with Crippen LogP contribution >= 0.6 is 0 Å². The zero-order valence-corrected chi connectivity index (χ0v) is 19.1. The Balaban J connectivity index is 2.03. The van der Waals surface area contributed by atoms with Crippen LogP contribution in [0.3, 0.4) is 0 Å². The summed E-state index contributed by atoms with van der Waals surface area (Å²) in [6.45, 7) is 5.66. The lowest BCUT2D eigenvalue weighted by Crippen LogP contribution is -2.19. The molecule has 34 heavy (non-hydrogen) atoms. The normalized spacial score (nSPS) is 13.4. The van der Waals surface area contributed by atoms with Gasteiger partial charge in [0.2, 0.25) is 5.95 Å². The third-order valence-electron chi connectivity index (χ3n) is 4.92. The number of aromatic nitrogens is 3. The number of carboxylic acid groups (broad SMARTS) is 1. The van der Waals surface area contributed by atoms with E-state index in [1.54, 1.807) is 31.2 Å². The number of anilines is 2. The number of aliphatic hydroxyl groups is 2. The van der Waals surface area contributed by atoms with Gasteiger partial charge in [-0.3, -0.25) is 4.79 Å². The highest BCUT2D eigenvalue weighted by Gasteiger charge is 2.19. The lowest BCUT2D eigenvalue weighted by molar-refractivity contribution is -0.139. The molecule has 0 spiro atoms. The minimum Gasteiger partial charge on any atom is -0.481 e. The Labute approximate surface area is 196 Å². The Bertz CT molecular complexity index is 1160. The topological polar surface area (TPSA) is 142 Å². The summed E-state index contributed by atoms with van der Waals surface area (Å²) >= 11 is 0. The number of aryl methyl sites for hydroxylation is 1. The molecule has 0 fully saturated rings. The highest BCUT2D eigenvalue weighted by molar-refractivity contribution is 5.75. The molecular formula is C24H27FN4O5. The number of nitrogens with one attached hydrogen (secondary N) is 1. The van der Waals surface area contributed by atoms with Crippen molar-refractivity contribution in [2.24, 2.45) is 0 Å². The Morgan fingerprint density at radius 2 is 1.91 bits per heavy atom. The number of aliphatic carboxylic acids is 1. The summed E-state index contributed by atoms with van der Waals surface area (Å²) in [6, 6.07) is 7.53. The van der Waals surface area contributed by atoms with Gasteiger partial charge in [-0.25, -0.2) is 14.4 Å². The third kappa shape index (κ3) is 6.69. The number of aliphatic hydroxyl groups excluding tert-OH is 2. The highest BCUT2D eigenvalue weighted by Crippen LogP contribution is 2.31. The molecule has 0 saturated carbocycles. The molecule has 3 aromatic rings. The van der Waals surface area contributed by atoms with Crippen molar-refractivity contribution in [2.45, 2.75) is 51.7 Å². The quantitative estimate of drug-likeness (QED) is 0.345. The van der Waals surface area contributed by atoms with Gasteiger partial charge in [0, 0.05) is 23.6 Å². The van der Waals surface area contributed by atoms with E-state index in [0.717, 1.165) is 0 Å². The second kappa shape index (κ2) is 11.0. The van der Waals surface area contributed by atoms with Crippen LogP contribution < -0.4 is 5.32 Å². The number of hydrogen-bond acceptors (Lipinski definition) is 8. The van der Waals surface area contributed by atoms with E-state index in [4.69, 9.17) is 9.63 Å². The van der Waals surface area contributed by atoms with Crippen molar-refractivity contribution in [3.63, 3.8) is 0 Å². The molecule has 180 valence electrons. The fourth-order valence-corrected chi connectivity index (χ4v) is 3.36. The number of carbonyl (C=O) groups is 1. The molecule has 0 aliphatic carbocycles. The van der Waals surface area contributed by atoms with Gasteiger partial charge < -0.3 is 25.2 Å². The van der Waals surface area contributed by atoms with Crippen LogP contribution in [-0.4, -0.2) is 48.6 Å². The summed E-state index contributed by atoms with van der Waals surface area (Å²) in [6.07, 6.45) is 0.205. The van der Waals surface area contributed by atoms with Gasteiger partial charge in [0.1, 0.15) is 11.6 Å². The van der Waals surface area contributed by atoms with Gasteiger partial charge in [0.25, 0.3) is 0 Å². The molecule has 2 aromatic heterocycles. The van der Waals surface area contributed by atoms with Crippen molar-refractivity contribution >= 4 is 23.8 Å². The minimum atomic E-state index is -1.19. The highest BCUT2D eigenvalue weighted by atomic mass is 19.1. The van der Waals surface area contributed by atoms with Crippen LogP contribution in [0.4, 0.5) is 16.2 Å². The zero-order valence-electron chi connectivity index (χ0n) is 19.1. The van der Waals surface area contributed by atoms with Crippen molar-refractivity contribution in [1.82, 2.24) is 15.1 Å². The second-order valence-corrected chi connectivity index (χ2v) is 8.22. The summed E-state index contributed by atoms with van der Waals surface area (Å²) < 4.78 is 18.6. The first-order chi connectivity index (χ1) is 16.1. The summed E-state index contributed by atoms with van der Waals surface area (Å²) in [5, 5.41) is 35.8. The Morgan fingerprint density at radius 1 is 1.21 bits per heavy atom. The number of benzene rings is 1. The number of carboxylic acids is 1. The summed E-state index contributed by atoms with van der Waals surface area (Å²) in [5.74, 6) is -0.268. The largest absolute Gasteiger partial charge is 0.481 e. The van der Waals surface area contributed by atoms with E-state index in [0.29, 0.717) is 34.1 Å². The van der Waals surface area contributed by atoms with Crippen LogP contribution in [0.5, 0.6) is 0 Å². The monoisotopic (exact) mass is 470 g/mol. The van der Waals surface area contributed by atoms with E-state index in [1.165, 1.54) is 18.2 Å². The van der Waals surface area contributed by atoms with Crippen molar-refractivity contribution in [1.29, 1.82) is 0 Å². The van der Waals surface area contributed by atoms with E-state index in [-0.39, 0.29) is 18.3 Å². The SMILES string of the molecule is Cc1cc(Nc2nc(-c3ccc(F)cc3)c(/C=C/[C@@H](O)C[C@@H](O)CC(=O)O)c(C(C)C)n2)no1. The van der Waals surface area contributed by atoms with E-state index >= 15 is 0 Å². The Morgan fingerprint density at radius 3 is 2.50 bits per heavy atom. The molecule has 9 nitrogen and oxygen atoms in total. The van der Waals surface area contributed by atoms with Crippen LogP contribution in [-0.2, 0) is 4.79 Å². The number of rotatable bonds is 10. The molecule has 1 aromatic carbocycles. The average molecular weight is 471 g/mol. The maximum Gasteiger partial charge on any atom is 0.305 e. The van der Waals surface area contributed by atoms with Crippen LogP contribution in [0.25, 0.3) is 17.3 Å². The predicted molar refractivity (Wildman–Crippen MR) is 124 cm³/mol. The molecule has 3 rings (SSSR count). The molecule has 10 heteroatoms. The molecule has 0 aliphatic rings. The first-order valence-corrected chi connectivity index (χ1v) is 10.8. The molecule has 4 N–H and O–H groups in total. The van der Waals surface area contributed by atoms with E-state index in [1.807, 2.05) is 13.8 Å². The summed E-state index contributed by atoms with van der Waals surface area (Å²) in [7, 11) is 0. The van der Waals surface area contributed by atoms with E-state index in [2.05, 4.69) is 20.4 Å². The van der Waals surface area contributed by atoms with E-state index < -0.39 is 30.4 Å². The molecular weight excluding hydrogens is 443 g/mol. The van der Waals surface area contributed by atoms with Gasteiger partial charge in [-0.2, -0.15) is 0 Å². The van der Waals surface area contributed by atoms with Crippen LogP contribution in [0.15, 0.2) is 40.9 Å². The maximum atomic E-state index is 13.6. The Kier molecular flexibility index (Phi) is 8.08. The van der Waals surface area contributed by atoms with Gasteiger partial charge in [0.15, 0.2) is 5.82 Å². The van der Waals surface area contributed by atoms with Crippen molar-refractivity contribution < 1.29 is 29.0 Å². The molecule has 0 radical (unpaired) electrons. The van der Waals surface area contributed by atoms with Crippen LogP contribution in [0.1, 0.15) is 49.6 Å². The molecule has 0 bridgehead atoms. The van der Waals surface area contributed by atoms with Gasteiger partial charge >= 0.3 is 5.97 Å². The molecule has 0 unspecified atom stereocenters. The average Bonchev–Trinajstić information content (AvgIpc) is 3.16. The number of halogens is 1. The summed E-state index contributed by atoms with van der Waals surface area (Å²) in [4.78, 5) is 20.0. The van der Waals surface area contributed by atoms with Crippen LogP contribution in [0.2, 0.25) is 0 Å². The second-order valence-electron chi connectivity index (χ2n) is 8.22. The number of nitrogens with zero attached hydrogens (tertiary/aromatic N) is 3. The fourth-order valence-electron chi connectivity index (χ4n) is 3.36. The summed E-state index contributed by atoms with van der Waals surface area (Å²) in [5.41, 5.74) is 2.39. The van der Waals surface area contributed by atoms with Gasteiger partial charge in [-0.15, -0.1) is 0 Å². The fraction of sp³-hybridized carbons (Fsp3) is 0.333. The molecule has 0 amide bonds. The number of hydrogen-bond donors (Lipinski definition) is 4. The first kappa shape index (κ1) is 25.0. The van der Waals surface area contributed by atoms with Crippen molar-refractivity contribution in [2.75, 3.05) is 5.32 Å². The lowest BCUT2D eigenvalue weighted by atomic mass is 9.97. The Hall–Kier alpha value is -3.63. The van der Waals surface area contributed by atoms with E-state index in [9.17, 15) is 19.4 Å². The van der Waals surface area contributed by atoms with Gasteiger partial charge in [-0.1, -0.05) is 31.2 Å². The third-order valence-corrected chi connectivity index (χ3v) is 4.92. The smallest absolute Gasteiger partial charge is 0.305 e. The van der Waals surface area contributed by atoms with Gasteiger partial charge in [-0.05, 0) is 37.1 Å². The first-order valence-electron chi connectivity index (χ1n) is 10.8. The van der Waals surface area contributed by atoms with Crippen molar-refractivity contribution in [3.05, 3.63) is 59.2 Å². The van der Waals surface area contributed by atoms with Crippen LogP contribution in [0, 0.1) is 12.7 Å².